The van der Waals surface area contributed by atoms with Crippen molar-refractivity contribution in [1.82, 2.24) is 10.2 Å². The van der Waals surface area contributed by atoms with Gasteiger partial charge in [-0.25, -0.2) is 5.10 Å². The first kappa shape index (κ1) is 11.9. The molecule has 0 aliphatic carbocycles. The molecule has 0 aliphatic rings. The summed E-state index contributed by atoms with van der Waals surface area (Å²) in [7, 11) is 0. The fourth-order valence-electron chi connectivity index (χ4n) is 1.61. The third kappa shape index (κ3) is 2.42. The summed E-state index contributed by atoms with van der Waals surface area (Å²) in [6.07, 6.45) is 0. The quantitative estimate of drug-likeness (QED) is 0.800. The van der Waals surface area contributed by atoms with Gasteiger partial charge in [0, 0.05) is 16.9 Å². The Morgan fingerprint density at radius 2 is 2.00 bits per heavy atom. The van der Waals surface area contributed by atoms with Crippen LogP contribution in [0.15, 0.2) is 29.1 Å². The van der Waals surface area contributed by atoms with Crippen LogP contribution >= 0.6 is 12.6 Å². The van der Waals surface area contributed by atoms with Crippen LogP contribution in [-0.2, 0) is 5.75 Å². The fraction of sp³-hybridized carbons (Fsp3) is 0.231. The molecule has 88 valence electrons. The summed E-state index contributed by atoms with van der Waals surface area (Å²) in [4.78, 5) is 11.4. The highest BCUT2D eigenvalue weighted by atomic mass is 32.1. The molecular formula is C13H14N2OS. The van der Waals surface area contributed by atoms with E-state index in [0.717, 1.165) is 11.3 Å². The van der Waals surface area contributed by atoms with E-state index in [1.807, 2.05) is 6.07 Å². The molecule has 2 aromatic rings. The largest absolute Gasteiger partial charge is 0.268 e. The van der Waals surface area contributed by atoms with Crippen molar-refractivity contribution in [3.05, 3.63) is 51.3 Å². The zero-order valence-electron chi connectivity index (χ0n) is 9.82. The molecule has 0 unspecified atom stereocenters. The number of nitrogens with one attached hydrogen (secondary N) is 1. The maximum atomic E-state index is 11.4. The van der Waals surface area contributed by atoms with Crippen LogP contribution in [0.2, 0.25) is 0 Å². The minimum atomic E-state index is -0.174. The molecule has 0 fully saturated rings. The van der Waals surface area contributed by atoms with E-state index in [-0.39, 0.29) is 5.56 Å². The molecule has 0 bridgehead atoms. The second-order valence-electron chi connectivity index (χ2n) is 4.06. The number of H-pyrrole nitrogens is 1. The van der Waals surface area contributed by atoms with Gasteiger partial charge in [-0.15, -0.1) is 0 Å². The van der Waals surface area contributed by atoms with Crippen molar-refractivity contribution in [3.8, 4) is 11.3 Å². The lowest BCUT2D eigenvalue weighted by Crippen LogP contribution is -2.13. The number of hydrogen-bond acceptors (Lipinski definition) is 3. The van der Waals surface area contributed by atoms with Crippen LogP contribution in [0.1, 0.15) is 16.7 Å². The van der Waals surface area contributed by atoms with Gasteiger partial charge in [0.25, 0.3) is 5.56 Å². The fourth-order valence-corrected chi connectivity index (χ4v) is 1.85. The van der Waals surface area contributed by atoms with Crippen molar-refractivity contribution in [2.75, 3.05) is 0 Å². The monoisotopic (exact) mass is 246 g/mol. The zero-order valence-corrected chi connectivity index (χ0v) is 10.7. The van der Waals surface area contributed by atoms with E-state index in [0.29, 0.717) is 11.3 Å². The first-order valence-electron chi connectivity index (χ1n) is 5.39. The number of aromatic amines is 1. The number of benzene rings is 1. The molecule has 0 saturated heterocycles. The Balaban J connectivity index is 2.53. The number of nitrogens with zero attached hydrogens (tertiary/aromatic N) is 1. The Labute approximate surface area is 105 Å². The molecule has 4 heteroatoms. The second kappa shape index (κ2) is 4.75. The Hall–Kier alpha value is -1.55. The van der Waals surface area contributed by atoms with Gasteiger partial charge in [0.1, 0.15) is 0 Å². The molecule has 0 saturated carbocycles. The maximum Gasteiger partial charge on any atom is 0.268 e. The highest BCUT2D eigenvalue weighted by molar-refractivity contribution is 7.79. The van der Waals surface area contributed by atoms with Crippen molar-refractivity contribution in [2.24, 2.45) is 0 Å². The maximum absolute atomic E-state index is 11.4. The second-order valence-corrected chi connectivity index (χ2v) is 4.38. The van der Waals surface area contributed by atoms with Crippen molar-refractivity contribution in [2.45, 2.75) is 19.6 Å². The lowest BCUT2D eigenvalue weighted by Gasteiger charge is -2.05. The molecule has 17 heavy (non-hydrogen) atoms. The molecule has 0 atom stereocenters. The van der Waals surface area contributed by atoms with E-state index in [1.165, 1.54) is 11.1 Å². The summed E-state index contributed by atoms with van der Waals surface area (Å²) in [5.74, 6) is 0.412. The Bertz CT molecular complexity index is 605. The predicted octanol–water partition coefficient (Wildman–Crippen LogP) is 2.48. The summed E-state index contributed by atoms with van der Waals surface area (Å²) < 4.78 is 0. The summed E-state index contributed by atoms with van der Waals surface area (Å²) in [5, 5.41) is 6.55. The molecular weight excluding hydrogens is 232 g/mol. The smallest absolute Gasteiger partial charge is 0.268 e. The number of thiol groups is 1. The Morgan fingerprint density at radius 3 is 2.65 bits per heavy atom. The normalized spacial score (nSPS) is 10.5. The highest BCUT2D eigenvalue weighted by Crippen LogP contribution is 2.19. The molecule has 0 radical (unpaired) electrons. The molecule has 2 rings (SSSR count). The highest BCUT2D eigenvalue weighted by Gasteiger charge is 2.05. The number of aryl methyl sites for hydroxylation is 2. The third-order valence-corrected chi connectivity index (χ3v) is 3.19. The SMILES string of the molecule is Cc1ccc(-c2cc(CS)c(=O)[nH]n2)cc1C. The predicted molar refractivity (Wildman–Crippen MR) is 72.5 cm³/mol. The van der Waals surface area contributed by atoms with Gasteiger partial charge in [0.05, 0.1) is 5.69 Å². The Kier molecular flexibility index (Phi) is 3.33. The van der Waals surface area contributed by atoms with Crippen LogP contribution in [0.4, 0.5) is 0 Å². The van der Waals surface area contributed by atoms with Crippen LogP contribution in [-0.4, -0.2) is 10.2 Å². The molecule has 0 spiro atoms. The van der Waals surface area contributed by atoms with Crippen LogP contribution in [0.25, 0.3) is 11.3 Å². The molecule has 1 heterocycles. The third-order valence-electron chi connectivity index (χ3n) is 2.85. The standard InChI is InChI=1S/C13H14N2OS/c1-8-3-4-10(5-9(8)2)12-6-11(7-17)13(16)15-14-12/h3-6,17H,7H2,1-2H3,(H,15,16). The van der Waals surface area contributed by atoms with E-state index < -0.39 is 0 Å². The average molecular weight is 246 g/mol. The topological polar surface area (TPSA) is 45.8 Å². The Morgan fingerprint density at radius 1 is 1.24 bits per heavy atom. The van der Waals surface area contributed by atoms with Crippen molar-refractivity contribution in [1.29, 1.82) is 0 Å². The van der Waals surface area contributed by atoms with Crippen LogP contribution in [0, 0.1) is 13.8 Å². The first-order chi connectivity index (χ1) is 8.11. The molecule has 3 nitrogen and oxygen atoms in total. The lowest BCUT2D eigenvalue weighted by atomic mass is 10.0. The number of aromatic nitrogens is 2. The van der Waals surface area contributed by atoms with E-state index >= 15 is 0 Å². The van der Waals surface area contributed by atoms with Crippen molar-refractivity contribution in [3.63, 3.8) is 0 Å². The van der Waals surface area contributed by atoms with Crippen molar-refractivity contribution >= 4 is 12.6 Å². The van der Waals surface area contributed by atoms with E-state index in [2.05, 4.69) is 48.8 Å². The molecule has 1 aromatic carbocycles. The van der Waals surface area contributed by atoms with Gasteiger partial charge < -0.3 is 0 Å². The van der Waals surface area contributed by atoms with E-state index in [9.17, 15) is 4.79 Å². The lowest BCUT2D eigenvalue weighted by molar-refractivity contribution is 0.972. The summed E-state index contributed by atoms with van der Waals surface area (Å²) in [6, 6.07) is 7.91. The van der Waals surface area contributed by atoms with E-state index in [1.54, 1.807) is 6.07 Å². The minimum Gasteiger partial charge on any atom is -0.268 e. The molecule has 0 aliphatic heterocycles. The van der Waals surface area contributed by atoms with Crippen LogP contribution in [0.5, 0.6) is 0 Å². The molecule has 1 aromatic heterocycles. The van der Waals surface area contributed by atoms with Gasteiger partial charge in [-0.1, -0.05) is 12.1 Å². The summed E-state index contributed by atoms with van der Waals surface area (Å²) >= 11 is 4.13. The van der Waals surface area contributed by atoms with Gasteiger partial charge in [-0.2, -0.15) is 17.7 Å². The van der Waals surface area contributed by atoms with E-state index in [4.69, 9.17) is 0 Å². The first-order valence-corrected chi connectivity index (χ1v) is 6.02. The molecule has 0 amide bonds. The summed E-state index contributed by atoms with van der Waals surface area (Å²) in [5.41, 5.74) is 4.70. The number of hydrogen-bond donors (Lipinski definition) is 2. The minimum absolute atomic E-state index is 0.174. The molecule has 1 N–H and O–H groups in total. The summed E-state index contributed by atoms with van der Waals surface area (Å²) in [6.45, 7) is 4.13. The van der Waals surface area contributed by atoms with Gasteiger partial charge in [-0.05, 0) is 37.1 Å². The van der Waals surface area contributed by atoms with Crippen LogP contribution < -0.4 is 5.56 Å². The van der Waals surface area contributed by atoms with Gasteiger partial charge in [0.15, 0.2) is 0 Å². The van der Waals surface area contributed by atoms with Crippen LogP contribution in [0.3, 0.4) is 0 Å². The van der Waals surface area contributed by atoms with Gasteiger partial charge in [0.2, 0.25) is 0 Å². The number of rotatable bonds is 2. The average Bonchev–Trinajstić information content (AvgIpc) is 2.33. The van der Waals surface area contributed by atoms with Gasteiger partial charge in [-0.3, -0.25) is 4.79 Å². The van der Waals surface area contributed by atoms with Crippen molar-refractivity contribution < 1.29 is 0 Å². The zero-order chi connectivity index (χ0) is 12.4. The van der Waals surface area contributed by atoms with Gasteiger partial charge >= 0.3 is 0 Å².